The van der Waals surface area contributed by atoms with Crippen molar-refractivity contribution in [3.8, 4) is 17.2 Å². The highest BCUT2D eigenvalue weighted by molar-refractivity contribution is 7.97. The highest BCUT2D eigenvalue weighted by atomic mass is 32.2. The zero-order valence-corrected chi connectivity index (χ0v) is 32.6. The summed E-state index contributed by atoms with van der Waals surface area (Å²) in [6, 6.07) is 37.7. The van der Waals surface area contributed by atoms with Crippen LogP contribution in [0.2, 0.25) is 0 Å². The zero-order valence-electron chi connectivity index (χ0n) is 31.0. The molecule has 0 spiro atoms. The highest BCUT2D eigenvalue weighted by Crippen LogP contribution is 2.35. The number of pyridine rings is 2. The van der Waals surface area contributed by atoms with Crippen molar-refractivity contribution < 1.29 is 36.7 Å². The molecule has 0 aliphatic carbocycles. The van der Waals surface area contributed by atoms with E-state index in [2.05, 4.69) is 34.2 Å². The van der Waals surface area contributed by atoms with E-state index in [4.69, 9.17) is 18.9 Å². The van der Waals surface area contributed by atoms with Gasteiger partial charge >= 0.3 is 5.97 Å². The summed E-state index contributed by atoms with van der Waals surface area (Å²) < 4.78 is 54.6. The van der Waals surface area contributed by atoms with Crippen LogP contribution in [0.3, 0.4) is 0 Å². The van der Waals surface area contributed by atoms with Crippen molar-refractivity contribution in [1.82, 2.24) is 9.97 Å². The summed E-state index contributed by atoms with van der Waals surface area (Å²) in [6.45, 7) is 8.05. The van der Waals surface area contributed by atoms with Gasteiger partial charge in [0.2, 0.25) is 0 Å². The van der Waals surface area contributed by atoms with E-state index in [9.17, 15) is 17.8 Å². The molecule has 0 saturated carbocycles. The lowest BCUT2D eigenvalue weighted by atomic mass is 10.2. The van der Waals surface area contributed by atoms with E-state index in [-0.39, 0.29) is 11.5 Å². The summed E-state index contributed by atoms with van der Waals surface area (Å²) in [5, 5.41) is 0. The molecule has 0 aliphatic heterocycles. The normalized spacial score (nSPS) is 11.2. The molecule has 10 nitrogen and oxygen atoms in total. The number of rotatable bonds is 13. The van der Waals surface area contributed by atoms with E-state index >= 15 is 0 Å². The van der Waals surface area contributed by atoms with E-state index < -0.39 is 32.6 Å². The molecule has 55 heavy (non-hydrogen) atoms. The largest absolute Gasteiger partial charge is 0.744 e. The number of aromatic nitrogens is 2. The third kappa shape index (κ3) is 13.3. The van der Waals surface area contributed by atoms with Crippen LogP contribution < -0.4 is 14.2 Å². The lowest BCUT2D eigenvalue weighted by molar-refractivity contribution is -0.157. The van der Waals surface area contributed by atoms with Crippen LogP contribution in [-0.4, -0.2) is 41.1 Å². The fourth-order valence-corrected chi connectivity index (χ4v) is 7.56. The summed E-state index contributed by atoms with van der Waals surface area (Å²) in [6.07, 6.45) is 7.04. The molecule has 0 bridgehead atoms. The highest BCUT2D eigenvalue weighted by Gasteiger charge is 2.30. The first-order valence-corrected chi connectivity index (χ1v) is 19.9. The molecule has 2 heterocycles. The van der Waals surface area contributed by atoms with E-state index in [1.165, 1.54) is 12.1 Å². The summed E-state index contributed by atoms with van der Waals surface area (Å²) in [7, 11) is -4.76. The summed E-state index contributed by atoms with van der Waals surface area (Å²) in [5.41, 5.74) is 2.46. The summed E-state index contributed by atoms with van der Waals surface area (Å²) >= 11 is 0. The number of hydrogen-bond donors (Lipinski definition) is 0. The fraction of sp³-hybridized carbons (Fsp3) is 0.186. The van der Waals surface area contributed by atoms with Gasteiger partial charge in [-0.1, -0.05) is 29.8 Å². The molecule has 0 unspecified atom stereocenters. The van der Waals surface area contributed by atoms with Gasteiger partial charge in [-0.25, -0.2) is 13.2 Å². The standard InChI is InChI=1S/C36H35N2O5S.C7H8O3S/c1-36(2,3)43-35(39)26-42-29-10-12-32(13-11-29)44(33-8-4-6-30(22-33)40-24-27-14-18-37-19-15-27)34-9-5-7-31(23-34)41-25-28-16-20-38-21-17-28;1-6-2-4-7(5-3-6)11(8,9)10/h4-23H,24-26H2,1-3H3;2-5H,1H3,(H,8,9,10)/q+1;/p-1. The Balaban J connectivity index is 0.000000454. The second-order valence-corrected chi connectivity index (χ2v) is 16.6. The fourth-order valence-electron chi connectivity index (χ4n) is 4.97. The Morgan fingerprint density at radius 2 is 1.13 bits per heavy atom. The van der Waals surface area contributed by atoms with Crippen LogP contribution >= 0.6 is 0 Å². The number of carbonyl (C=O) groups is 1. The molecule has 0 atom stereocenters. The van der Waals surface area contributed by atoms with Crippen LogP contribution in [0.25, 0.3) is 0 Å². The Hall–Kier alpha value is -5.69. The van der Waals surface area contributed by atoms with Crippen molar-refractivity contribution in [3.63, 3.8) is 0 Å². The van der Waals surface area contributed by atoms with Gasteiger partial charge in [-0.3, -0.25) is 9.97 Å². The monoisotopic (exact) mass is 778 g/mol. The lowest BCUT2D eigenvalue weighted by Crippen LogP contribution is -2.27. The molecule has 0 N–H and O–H groups in total. The maximum Gasteiger partial charge on any atom is 0.344 e. The van der Waals surface area contributed by atoms with Crippen LogP contribution in [0, 0.1) is 6.92 Å². The summed E-state index contributed by atoms with van der Waals surface area (Å²) in [4.78, 5) is 23.4. The number of benzene rings is 4. The van der Waals surface area contributed by atoms with Gasteiger partial charge in [0.15, 0.2) is 21.3 Å². The van der Waals surface area contributed by atoms with E-state index in [1.54, 1.807) is 36.9 Å². The molecule has 0 radical (unpaired) electrons. The van der Waals surface area contributed by atoms with Gasteiger partial charge in [-0.15, -0.1) is 0 Å². The average molecular weight is 779 g/mol. The molecule has 6 aromatic rings. The summed E-state index contributed by atoms with van der Waals surface area (Å²) in [5.74, 6) is 1.74. The molecule has 2 aromatic heterocycles. The second kappa shape index (κ2) is 19.1. The maximum atomic E-state index is 12.2. The average Bonchev–Trinajstić information content (AvgIpc) is 3.17. The molecular weight excluding hydrogens is 737 g/mol. The van der Waals surface area contributed by atoms with Crippen LogP contribution in [0.15, 0.2) is 166 Å². The molecule has 284 valence electrons. The third-order valence-electron chi connectivity index (χ3n) is 7.54. The van der Waals surface area contributed by atoms with Gasteiger partial charge in [0, 0.05) is 36.9 Å². The van der Waals surface area contributed by atoms with Gasteiger partial charge < -0.3 is 23.5 Å². The Morgan fingerprint density at radius 1 is 0.636 bits per heavy atom. The lowest BCUT2D eigenvalue weighted by Gasteiger charge is -2.19. The minimum absolute atomic E-state index is 0.157. The topological polar surface area (TPSA) is 137 Å². The smallest absolute Gasteiger partial charge is 0.344 e. The molecule has 0 fully saturated rings. The predicted octanol–water partition coefficient (Wildman–Crippen LogP) is 8.35. The van der Waals surface area contributed by atoms with Crippen molar-refractivity contribution in [2.24, 2.45) is 0 Å². The van der Waals surface area contributed by atoms with Crippen molar-refractivity contribution in [2.45, 2.75) is 66.1 Å². The second-order valence-electron chi connectivity index (χ2n) is 13.2. The van der Waals surface area contributed by atoms with Crippen LogP contribution in [0.4, 0.5) is 0 Å². The quantitative estimate of drug-likeness (QED) is 0.0639. The number of ether oxygens (including phenoxy) is 4. The minimum Gasteiger partial charge on any atom is -0.744 e. The number of aryl methyl sites for hydroxylation is 1. The van der Waals surface area contributed by atoms with Crippen molar-refractivity contribution in [1.29, 1.82) is 0 Å². The molecular formula is C43H42N2O8S2. The molecule has 12 heteroatoms. The molecule has 0 saturated heterocycles. The SMILES string of the molecule is CC(C)(C)OC(=O)COc1ccc([S+](c2cccc(OCc3ccncc3)c2)c2cccc(OCc3ccncc3)c2)cc1.Cc1ccc(S(=O)(=O)[O-])cc1. The van der Waals surface area contributed by atoms with Gasteiger partial charge in [0.25, 0.3) is 0 Å². The van der Waals surface area contributed by atoms with Gasteiger partial charge in [0.1, 0.15) is 46.2 Å². The predicted molar refractivity (Wildman–Crippen MR) is 209 cm³/mol. The third-order valence-corrected chi connectivity index (χ3v) is 10.6. The first kappa shape index (κ1) is 40.5. The number of nitrogens with zero attached hydrogens (tertiary/aromatic N) is 2. The van der Waals surface area contributed by atoms with Crippen molar-refractivity contribution >= 4 is 27.0 Å². The van der Waals surface area contributed by atoms with Crippen LogP contribution in [0.1, 0.15) is 37.5 Å². The van der Waals surface area contributed by atoms with Crippen molar-refractivity contribution in [2.75, 3.05) is 6.61 Å². The molecule has 0 amide bonds. The van der Waals surface area contributed by atoms with Gasteiger partial charge in [-0.05, 0) is 124 Å². The molecule has 0 aliphatic rings. The first-order valence-electron chi connectivity index (χ1n) is 17.3. The Kier molecular flexibility index (Phi) is 14.0. The van der Waals surface area contributed by atoms with E-state index in [1.807, 2.05) is 100 Å². The molecule has 4 aromatic carbocycles. The Labute approximate surface area is 325 Å². The van der Waals surface area contributed by atoms with E-state index in [0.29, 0.717) is 19.0 Å². The minimum atomic E-state index is -4.27. The number of esters is 1. The Morgan fingerprint density at radius 3 is 1.58 bits per heavy atom. The van der Waals surface area contributed by atoms with Crippen LogP contribution in [-0.2, 0) is 43.8 Å². The van der Waals surface area contributed by atoms with Crippen LogP contribution in [0.5, 0.6) is 17.2 Å². The van der Waals surface area contributed by atoms with Gasteiger partial charge in [0.05, 0.1) is 15.8 Å². The first-order chi connectivity index (χ1) is 26.3. The Bertz CT molecular complexity index is 2140. The van der Waals surface area contributed by atoms with Crippen molar-refractivity contribution in [3.05, 3.63) is 163 Å². The van der Waals surface area contributed by atoms with Gasteiger partial charge in [-0.2, -0.15) is 0 Å². The van der Waals surface area contributed by atoms with E-state index in [0.717, 1.165) is 42.9 Å². The molecule has 6 rings (SSSR count). The zero-order chi connectivity index (χ0) is 39.3. The number of carbonyl (C=O) groups excluding carboxylic acids is 1. The maximum absolute atomic E-state index is 12.2. The number of hydrogen-bond acceptors (Lipinski definition) is 10.